The lowest BCUT2D eigenvalue weighted by atomic mass is 10.1. The normalized spacial score (nSPS) is 11.5. The molecule has 28 heavy (non-hydrogen) atoms. The van der Waals surface area contributed by atoms with Crippen molar-refractivity contribution in [1.29, 1.82) is 0 Å². The minimum Gasteiger partial charge on any atom is -0.465 e. The highest BCUT2D eigenvalue weighted by atomic mass is 79.9. The maximum absolute atomic E-state index is 12.1. The average molecular weight is 435 g/mol. The molecule has 0 saturated carbocycles. The van der Waals surface area contributed by atoms with Crippen LogP contribution in [0.3, 0.4) is 0 Å². The van der Waals surface area contributed by atoms with Crippen molar-refractivity contribution in [1.82, 2.24) is 4.57 Å². The molecule has 140 valence electrons. The number of hydrogen-bond donors (Lipinski definition) is 0. The fourth-order valence-electron chi connectivity index (χ4n) is 3.64. The van der Waals surface area contributed by atoms with Crippen molar-refractivity contribution in [2.24, 2.45) is 4.99 Å². The maximum atomic E-state index is 12.1. The van der Waals surface area contributed by atoms with Crippen LogP contribution in [0.25, 0.3) is 21.8 Å². The number of hydrogen-bond acceptors (Lipinski definition) is 3. The molecule has 1 aromatic heterocycles. The van der Waals surface area contributed by atoms with Crippen LogP contribution in [0.4, 0.5) is 0 Å². The molecule has 0 amide bonds. The Kier molecular flexibility index (Phi) is 5.01. The number of aliphatic imine (C=N–C) groups is 1. The Labute approximate surface area is 171 Å². The Hall–Kier alpha value is -2.92. The van der Waals surface area contributed by atoms with Gasteiger partial charge >= 0.3 is 5.97 Å². The van der Waals surface area contributed by atoms with Gasteiger partial charge in [-0.25, -0.2) is 4.79 Å². The van der Waals surface area contributed by atoms with Crippen LogP contribution >= 0.6 is 15.9 Å². The minimum absolute atomic E-state index is 0.338. The zero-order chi connectivity index (χ0) is 19.7. The molecule has 0 bridgehead atoms. The van der Waals surface area contributed by atoms with Crippen LogP contribution in [0.1, 0.15) is 21.5 Å². The van der Waals surface area contributed by atoms with E-state index in [0.717, 1.165) is 31.8 Å². The third kappa shape index (κ3) is 3.22. The summed E-state index contributed by atoms with van der Waals surface area (Å²) in [5.41, 5.74) is 4.85. The summed E-state index contributed by atoms with van der Waals surface area (Å²) in [6.07, 6.45) is 1.87. The van der Waals surface area contributed by atoms with Crippen molar-refractivity contribution < 1.29 is 9.53 Å². The van der Waals surface area contributed by atoms with Gasteiger partial charge in [0.25, 0.3) is 0 Å². The zero-order valence-corrected chi connectivity index (χ0v) is 17.2. The SMILES string of the molecule is C/N=C\c1cc(Br)cc2c1c1ccc(C(=O)OC)cc1n2Cc1ccccc1. The van der Waals surface area contributed by atoms with Gasteiger partial charge in [-0.1, -0.05) is 52.3 Å². The zero-order valence-electron chi connectivity index (χ0n) is 15.6. The molecule has 0 aliphatic carbocycles. The van der Waals surface area contributed by atoms with E-state index in [0.29, 0.717) is 12.1 Å². The second-order valence-electron chi connectivity index (χ2n) is 6.57. The molecule has 4 rings (SSSR count). The van der Waals surface area contributed by atoms with Crippen LogP contribution in [0.2, 0.25) is 0 Å². The molecule has 4 aromatic rings. The summed E-state index contributed by atoms with van der Waals surface area (Å²) < 4.78 is 8.15. The number of aromatic nitrogens is 1. The van der Waals surface area contributed by atoms with Crippen LogP contribution in [-0.2, 0) is 11.3 Å². The lowest BCUT2D eigenvalue weighted by Gasteiger charge is -2.09. The summed E-state index contributed by atoms with van der Waals surface area (Å²) >= 11 is 3.63. The fraction of sp³-hybridized carbons (Fsp3) is 0.130. The van der Waals surface area contributed by atoms with Gasteiger partial charge in [0, 0.05) is 40.6 Å². The standard InChI is InChI=1S/C23H19BrN2O2/c1-25-13-17-10-18(24)12-21-22(17)19-9-8-16(23(27)28-2)11-20(19)26(21)14-15-6-4-3-5-7-15/h3-13H,14H2,1-2H3/b25-13-. The molecule has 0 N–H and O–H groups in total. The summed E-state index contributed by atoms with van der Waals surface area (Å²) in [7, 11) is 3.17. The third-order valence-corrected chi connectivity index (χ3v) is 5.29. The van der Waals surface area contributed by atoms with E-state index in [1.165, 1.54) is 12.7 Å². The molecule has 0 aliphatic rings. The lowest BCUT2D eigenvalue weighted by Crippen LogP contribution is -2.03. The smallest absolute Gasteiger partial charge is 0.337 e. The first kappa shape index (κ1) is 18.4. The van der Waals surface area contributed by atoms with Crippen molar-refractivity contribution >= 4 is 49.9 Å². The number of rotatable bonds is 4. The minimum atomic E-state index is -0.338. The monoisotopic (exact) mass is 434 g/mol. The quantitative estimate of drug-likeness (QED) is 0.317. The van der Waals surface area contributed by atoms with E-state index in [-0.39, 0.29) is 5.97 Å². The van der Waals surface area contributed by atoms with E-state index in [1.54, 1.807) is 7.05 Å². The second-order valence-corrected chi connectivity index (χ2v) is 7.49. The third-order valence-electron chi connectivity index (χ3n) is 4.83. The first-order valence-corrected chi connectivity index (χ1v) is 9.71. The van der Waals surface area contributed by atoms with Crippen LogP contribution < -0.4 is 0 Å². The molecule has 0 aliphatic heterocycles. The van der Waals surface area contributed by atoms with E-state index >= 15 is 0 Å². The molecular formula is C23H19BrN2O2. The number of carbonyl (C=O) groups is 1. The first-order valence-electron chi connectivity index (χ1n) is 8.92. The van der Waals surface area contributed by atoms with Crippen LogP contribution in [0, 0.1) is 0 Å². The Morgan fingerprint density at radius 1 is 1.11 bits per heavy atom. The van der Waals surface area contributed by atoms with Gasteiger partial charge in [-0.05, 0) is 29.8 Å². The molecule has 0 unspecified atom stereocenters. The number of esters is 1. The van der Waals surface area contributed by atoms with Gasteiger partial charge in [-0.2, -0.15) is 0 Å². The number of nitrogens with zero attached hydrogens (tertiary/aromatic N) is 2. The number of benzene rings is 3. The van der Waals surface area contributed by atoms with Crippen LogP contribution in [0.15, 0.2) is 70.1 Å². The van der Waals surface area contributed by atoms with Gasteiger partial charge in [-0.3, -0.25) is 4.99 Å². The Morgan fingerprint density at radius 3 is 2.61 bits per heavy atom. The first-order chi connectivity index (χ1) is 13.6. The van der Waals surface area contributed by atoms with Gasteiger partial charge < -0.3 is 9.30 Å². The molecule has 0 atom stereocenters. The number of ether oxygens (including phenoxy) is 1. The van der Waals surface area contributed by atoms with E-state index in [9.17, 15) is 4.79 Å². The topological polar surface area (TPSA) is 43.6 Å². The van der Waals surface area contributed by atoms with Crippen molar-refractivity contribution in [3.63, 3.8) is 0 Å². The summed E-state index contributed by atoms with van der Waals surface area (Å²) in [5, 5.41) is 2.21. The molecule has 1 heterocycles. The molecule has 0 saturated heterocycles. The highest BCUT2D eigenvalue weighted by molar-refractivity contribution is 9.10. The van der Waals surface area contributed by atoms with E-state index in [1.807, 2.05) is 42.6 Å². The van der Waals surface area contributed by atoms with Gasteiger partial charge in [-0.15, -0.1) is 0 Å². The molecule has 0 radical (unpaired) electrons. The Bertz CT molecular complexity index is 1210. The van der Waals surface area contributed by atoms with Crippen molar-refractivity contribution in [3.05, 3.63) is 81.8 Å². The Balaban J connectivity index is 2.07. The van der Waals surface area contributed by atoms with E-state index in [4.69, 9.17) is 4.74 Å². The van der Waals surface area contributed by atoms with Crippen LogP contribution in [0.5, 0.6) is 0 Å². The largest absolute Gasteiger partial charge is 0.465 e. The predicted octanol–water partition coefficient (Wildman–Crippen LogP) is 5.44. The maximum Gasteiger partial charge on any atom is 0.337 e. The van der Waals surface area contributed by atoms with Crippen molar-refractivity contribution in [2.75, 3.05) is 14.2 Å². The number of halogens is 1. The van der Waals surface area contributed by atoms with Gasteiger partial charge in [0.05, 0.1) is 23.7 Å². The van der Waals surface area contributed by atoms with E-state index in [2.05, 4.69) is 49.8 Å². The highest BCUT2D eigenvalue weighted by Crippen LogP contribution is 2.34. The molecule has 0 fully saturated rings. The fourth-order valence-corrected chi connectivity index (χ4v) is 4.10. The summed E-state index contributed by atoms with van der Waals surface area (Å²) in [6.45, 7) is 0.699. The summed E-state index contributed by atoms with van der Waals surface area (Å²) in [6, 6.07) is 20.2. The lowest BCUT2D eigenvalue weighted by molar-refractivity contribution is 0.0601. The average Bonchev–Trinajstić information content (AvgIpc) is 3.01. The van der Waals surface area contributed by atoms with Crippen molar-refractivity contribution in [3.8, 4) is 0 Å². The number of fused-ring (bicyclic) bond motifs is 3. The second kappa shape index (κ2) is 7.60. The number of carbonyl (C=O) groups excluding carboxylic acids is 1. The summed E-state index contributed by atoms with van der Waals surface area (Å²) in [4.78, 5) is 16.3. The molecular weight excluding hydrogens is 416 g/mol. The Morgan fingerprint density at radius 2 is 1.89 bits per heavy atom. The molecule has 0 spiro atoms. The van der Waals surface area contributed by atoms with Crippen molar-refractivity contribution in [2.45, 2.75) is 6.54 Å². The predicted molar refractivity (Wildman–Crippen MR) is 118 cm³/mol. The molecule has 4 nitrogen and oxygen atoms in total. The summed E-state index contributed by atoms with van der Waals surface area (Å²) in [5.74, 6) is -0.338. The number of methoxy groups -OCH3 is 1. The molecule has 5 heteroatoms. The van der Waals surface area contributed by atoms with Gasteiger partial charge in [0.1, 0.15) is 0 Å². The van der Waals surface area contributed by atoms with Gasteiger partial charge in [0.2, 0.25) is 0 Å². The van der Waals surface area contributed by atoms with E-state index < -0.39 is 0 Å². The molecule has 3 aromatic carbocycles. The highest BCUT2D eigenvalue weighted by Gasteiger charge is 2.17. The van der Waals surface area contributed by atoms with Gasteiger partial charge in [0.15, 0.2) is 0 Å². The van der Waals surface area contributed by atoms with Crippen LogP contribution in [-0.4, -0.2) is 30.9 Å².